The maximum Gasteiger partial charge on any atom is 0.200 e. The minimum Gasteiger partial charge on any atom is -0.493 e. The number of hydrogen-bond donors (Lipinski definition) is 0. The highest BCUT2D eigenvalue weighted by atomic mass is 19.2. The topological polar surface area (TPSA) is 64.0 Å². The third kappa shape index (κ3) is 2.75. The molecule has 3 aromatic rings. The van der Waals surface area contributed by atoms with Gasteiger partial charge in [-0.15, -0.1) is 0 Å². The predicted octanol–water partition coefficient (Wildman–Crippen LogP) is 2.74. The highest BCUT2D eigenvalue weighted by Gasteiger charge is 2.24. The molecule has 1 aromatic carbocycles. The quantitative estimate of drug-likeness (QED) is 0.730. The summed E-state index contributed by atoms with van der Waals surface area (Å²) in [6.07, 6.45) is 4.96. The molecule has 1 aliphatic heterocycles. The fraction of sp³-hybridized carbons (Fsp3) is 0.176. The van der Waals surface area contributed by atoms with Gasteiger partial charge < -0.3 is 9.64 Å². The molecule has 1 aliphatic rings. The lowest BCUT2D eigenvalue weighted by Gasteiger charge is -2.18. The summed E-state index contributed by atoms with van der Waals surface area (Å²) in [6, 6.07) is 4.34. The van der Waals surface area contributed by atoms with Crippen LogP contribution in [-0.2, 0) is 13.1 Å². The molecule has 25 heavy (non-hydrogen) atoms. The molecule has 3 heterocycles. The molecule has 0 spiro atoms. The van der Waals surface area contributed by atoms with Gasteiger partial charge in [0.2, 0.25) is 5.82 Å². The van der Waals surface area contributed by atoms with E-state index < -0.39 is 11.6 Å². The zero-order valence-electron chi connectivity index (χ0n) is 13.3. The van der Waals surface area contributed by atoms with Crippen LogP contribution in [0.4, 0.5) is 14.5 Å². The lowest BCUT2D eigenvalue weighted by Crippen LogP contribution is -2.15. The van der Waals surface area contributed by atoms with Crippen LogP contribution >= 0.6 is 0 Å². The van der Waals surface area contributed by atoms with Crippen molar-refractivity contribution in [1.82, 2.24) is 19.9 Å². The number of fused-ring (bicyclic) bond motifs is 1. The first-order valence-electron chi connectivity index (χ1n) is 7.56. The zero-order valence-corrected chi connectivity index (χ0v) is 13.3. The van der Waals surface area contributed by atoms with Crippen molar-refractivity contribution in [3.63, 3.8) is 0 Å². The first-order chi connectivity index (χ1) is 12.2. The molecule has 0 bridgehead atoms. The van der Waals surface area contributed by atoms with E-state index in [-0.39, 0.29) is 5.75 Å². The summed E-state index contributed by atoms with van der Waals surface area (Å²) in [6.45, 7) is 0.950. The van der Waals surface area contributed by atoms with E-state index in [1.165, 1.54) is 13.2 Å². The lowest BCUT2D eigenvalue weighted by molar-refractivity contribution is 0.372. The molecule has 0 N–H and O–H groups in total. The minimum atomic E-state index is -0.994. The maximum absolute atomic E-state index is 13.8. The van der Waals surface area contributed by atoms with Crippen molar-refractivity contribution >= 4 is 5.69 Å². The van der Waals surface area contributed by atoms with Gasteiger partial charge in [0.25, 0.3) is 0 Å². The Balaban J connectivity index is 1.65. The highest BCUT2D eigenvalue weighted by molar-refractivity contribution is 5.55. The first kappa shape index (κ1) is 15.4. The molecule has 0 unspecified atom stereocenters. The number of halogens is 2. The first-order valence-corrected chi connectivity index (χ1v) is 7.56. The Hall–Kier alpha value is -3.16. The van der Waals surface area contributed by atoms with Gasteiger partial charge in [0.05, 0.1) is 19.3 Å². The number of rotatable bonds is 3. The Morgan fingerprint density at radius 3 is 2.60 bits per heavy atom. The van der Waals surface area contributed by atoms with Gasteiger partial charge in [0.1, 0.15) is 0 Å². The summed E-state index contributed by atoms with van der Waals surface area (Å²) in [5, 5.41) is 0. The molecule has 8 heteroatoms. The number of hydrogen-bond acceptors (Lipinski definition) is 6. The Morgan fingerprint density at radius 1 is 1.04 bits per heavy atom. The Kier molecular flexibility index (Phi) is 3.72. The van der Waals surface area contributed by atoms with Crippen molar-refractivity contribution in [3.8, 4) is 17.4 Å². The highest BCUT2D eigenvalue weighted by Crippen LogP contribution is 2.32. The van der Waals surface area contributed by atoms with Crippen LogP contribution in [0, 0.1) is 11.6 Å². The smallest absolute Gasteiger partial charge is 0.200 e. The fourth-order valence-electron chi connectivity index (χ4n) is 2.74. The van der Waals surface area contributed by atoms with Crippen molar-refractivity contribution in [2.75, 3.05) is 12.0 Å². The van der Waals surface area contributed by atoms with E-state index in [0.717, 1.165) is 17.3 Å². The number of aromatic nitrogens is 4. The standard InChI is InChI=1S/C17H13F2N5O/c1-25-14-6-11(5-12(18)15(14)19)24-8-10-7-22-17(23-13(10)9-24)16-20-3-2-4-21-16/h2-7H,8-9H2,1H3. The van der Waals surface area contributed by atoms with Gasteiger partial charge in [-0.3, -0.25) is 0 Å². The number of ether oxygens (including phenoxy) is 1. The van der Waals surface area contributed by atoms with Crippen LogP contribution in [0.3, 0.4) is 0 Å². The van der Waals surface area contributed by atoms with Gasteiger partial charge in [-0.1, -0.05) is 0 Å². The Bertz CT molecular complexity index is 936. The van der Waals surface area contributed by atoms with Gasteiger partial charge >= 0.3 is 0 Å². The second-order valence-corrected chi connectivity index (χ2v) is 5.54. The molecule has 0 amide bonds. The van der Waals surface area contributed by atoms with Crippen LogP contribution in [0.15, 0.2) is 36.8 Å². The molecular weight excluding hydrogens is 328 g/mol. The summed E-state index contributed by atoms with van der Waals surface area (Å²) >= 11 is 0. The second kappa shape index (κ2) is 6.04. The van der Waals surface area contributed by atoms with Crippen LogP contribution in [0.2, 0.25) is 0 Å². The van der Waals surface area contributed by atoms with E-state index in [4.69, 9.17) is 4.74 Å². The Morgan fingerprint density at radius 2 is 1.84 bits per heavy atom. The minimum absolute atomic E-state index is 0.129. The summed E-state index contributed by atoms with van der Waals surface area (Å²) < 4.78 is 32.3. The van der Waals surface area contributed by atoms with Gasteiger partial charge in [-0.05, 0) is 6.07 Å². The van der Waals surface area contributed by atoms with Crippen molar-refractivity contribution in [2.24, 2.45) is 0 Å². The molecule has 126 valence electrons. The van der Waals surface area contributed by atoms with Crippen molar-refractivity contribution in [2.45, 2.75) is 13.1 Å². The van der Waals surface area contributed by atoms with E-state index in [1.807, 2.05) is 4.90 Å². The summed E-state index contributed by atoms with van der Waals surface area (Å²) in [7, 11) is 1.30. The normalized spacial score (nSPS) is 13.0. The summed E-state index contributed by atoms with van der Waals surface area (Å²) in [4.78, 5) is 18.9. The molecule has 0 radical (unpaired) electrons. The van der Waals surface area contributed by atoms with E-state index in [2.05, 4.69) is 19.9 Å². The Labute approximate surface area is 142 Å². The predicted molar refractivity (Wildman–Crippen MR) is 85.9 cm³/mol. The van der Waals surface area contributed by atoms with Crippen molar-refractivity contribution < 1.29 is 13.5 Å². The number of anilines is 1. The van der Waals surface area contributed by atoms with E-state index in [9.17, 15) is 8.78 Å². The van der Waals surface area contributed by atoms with E-state index in [1.54, 1.807) is 24.7 Å². The molecule has 0 saturated heterocycles. The molecule has 6 nitrogen and oxygen atoms in total. The second-order valence-electron chi connectivity index (χ2n) is 5.54. The average Bonchev–Trinajstić information content (AvgIpc) is 3.08. The molecule has 0 aliphatic carbocycles. The molecule has 0 fully saturated rings. The van der Waals surface area contributed by atoms with Gasteiger partial charge in [0, 0.05) is 48.5 Å². The van der Waals surface area contributed by atoms with Gasteiger partial charge in [0.15, 0.2) is 23.2 Å². The number of benzene rings is 1. The van der Waals surface area contributed by atoms with Crippen LogP contribution in [0.1, 0.15) is 11.3 Å². The summed E-state index contributed by atoms with van der Waals surface area (Å²) in [5.41, 5.74) is 2.25. The zero-order chi connectivity index (χ0) is 17.4. The molecule has 2 aromatic heterocycles. The number of nitrogens with zero attached hydrogens (tertiary/aromatic N) is 5. The summed E-state index contributed by atoms with van der Waals surface area (Å²) in [5.74, 6) is -1.20. The lowest BCUT2D eigenvalue weighted by atomic mass is 10.2. The SMILES string of the molecule is COc1cc(N2Cc3cnc(-c4ncccn4)nc3C2)cc(F)c1F. The van der Waals surface area contributed by atoms with Crippen molar-refractivity contribution in [3.05, 3.63) is 59.7 Å². The van der Waals surface area contributed by atoms with E-state index >= 15 is 0 Å². The molecular formula is C17H13F2N5O. The fourth-order valence-corrected chi connectivity index (χ4v) is 2.74. The van der Waals surface area contributed by atoms with Crippen LogP contribution < -0.4 is 9.64 Å². The van der Waals surface area contributed by atoms with Crippen molar-refractivity contribution in [1.29, 1.82) is 0 Å². The van der Waals surface area contributed by atoms with Gasteiger partial charge in [-0.2, -0.15) is 4.39 Å². The number of methoxy groups -OCH3 is 1. The largest absolute Gasteiger partial charge is 0.493 e. The maximum atomic E-state index is 13.8. The molecule has 0 atom stereocenters. The third-order valence-electron chi connectivity index (χ3n) is 3.99. The van der Waals surface area contributed by atoms with Crippen LogP contribution in [-0.4, -0.2) is 27.0 Å². The molecule has 0 saturated carbocycles. The third-order valence-corrected chi connectivity index (χ3v) is 3.99. The van der Waals surface area contributed by atoms with Gasteiger partial charge in [-0.25, -0.2) is 24.3 Å². The monoisotopic (exact) mass is 341 g/mol. The van der Waals surface area contributed by atoms with E-state index in [0.29, 0.717) is 30.4 Å². The van der Waals surface area contributed by atoms with Crippen LogP contribution in [0.25, 0.3) is 11.6 Å². The molecule has 4 rings (SSSR count). The van der Waals surface area contributed by atoms with Crippen LogP contribution in [0.5, 0.6) is 5.75 Å². The average molecular weight is 341 g/mol.